The molecule has 4 atom stereocenters. The van der Waals surface area contributed by atoms with Crippen LogP contribution in [-0.2, 0) is 10.9 Å². The van der Waals surface area contributed by atoms with Crippen LogP contribution in [0.15, 0.2) is 0 Å². The van der Waals surface area contributed by atoms with Crippen molar-refractivity contribution < 1.29 is 10.2 Å². The van der Waals surface area contributed by atoms with Crippen LogP contribution in [0.2, 0.25) is 0 Å². The molecule has 26 heavy (non-hydrogen) atoms. The molecular formula is C23H43O2S+. The molecule has 0 radical (unpaired) electrons. The summed E-state index contributed by atoms with van der Waals surface area (Å²) in [6.07, 6.45) is 13.6. The van der Waals surface area contributed by atoms with Crippen LogP contribution in [0.4, 0.5) is 0 Å². The Morgan fingerprint density at radius 2 is 1.19 bits per heavy atom. The standard InChI is InChI=1S/C23H43O2S/c1-16-15-21(13-14-22(16)25)26(20-11-7-18(24)8-12-20)19-9-5-17(6-10-19)23(2,3)4/h16-22,24-25H,5-15H2,1-4H3/q+1. The minimum absolute atomic E-state index is 0.0413. The first-order valence-corrected chi connectivity index (χ1v) is 12.7. The van der Waals surface area contributed by atoms with Crippen molar-refractivity contribution in [1.82, 2.24) is 0 Å². The van der Waals surface area contributed by atoms with Gasteiger partial charge in [0.15, 0.2) is 0 Å². The lowest BCUT2D eigenvalue weighted by atomic mass is 9.72. The molecule has 0 aromatic heterocycles. The lowest BCUT2D eigenvalue weighted by molar-refractivity contribution is 0.0806. The van der Waals surface area contributed by atoms with Gasteiger partial charge in [0.05, 0.1) is 12.2 Å². The molecule has 4 unspecified atom stereocenters. The minimum atomic E-state index is -0.0681. The molecule has 0 heterocycles. The second-order valence-electron chi connectivity index (χ2n) is 10.7. The van der Waals surface area contributed by atoms with Gasteiger partial charge >= 0.3 is 0 Å². The quantitative estimate of drug-likeness (QED) is 0.669. The number of aliphatic hydroxyl groups excluding tert-OH is 2. The van der Waals surface area contributed by atoms with Gasteiger partial charge in [0.25, 0.3) is 0 Å². The van der Waals surface area contributed by atoms with E-state index >= 15 is 0 Å². The van der Waals surface area contributed by atoms with E-state index in [1.807, 2.05) is 0 Å². The molecule has 0 aromatic rings. The average Bonchev–Trinajstić information content (AvgIpc) is 2.60. The zero-order chi connectivity index (χ0) is 18.9. The Labute approximate surface area is 164 Å². The molecule has 0 spiro atoms. The summed E-state index contributed by atoms with van der Waals surface area (Å²) < 4.78 is 0. The molecule has 2 nitrogen and oxygen atoms in total. The van der Waals surface area contributed by atoms with Gasteiger partial charge in [-0.25, -0.2) is 0 Å². The van der Waals surface area contributed by atoms with E-state index in [0.29, 0.717) is 22.2 Å². The SMILES string of the molecule is CC1CC([S+](C2CCC(O)CC2)C2CCC(C(C)(C)C)CC2)CCC1O. The lowest BCUT2D eigenvalue weighted by Crippen LogP contribution is -2.47. The first-order chi connectivity index (χ1) is 12.3. The highest BCUT2D eigenvalue weighted by atomic mass is 32.2. The van der Waals surface area contributed by atoms with Crippen LogP contribution in [-0.4, -0.2) is 38.2 Å². The maximum atomic E-state index is 10.2. The fourth-order valence-corrected chi connectivity index (χ4v) is 10.1. The van der Waals surface area contributed by atoms with Gasteiger partial charge in [-0.1, -0.05) is 27.7 Å². The van der Waals surface area contributed by atoms with Crippen LogP contribution < -0.4 is 0 Å². The average molecular weight is 384 g/mol. The second kappa shape index (κ2) is 8.74. The summed E-state index contributed by atoms with van der Waals surface area (Å²) in [5.74, 6) is 1.37. The molecule has 0 bridgehead atoms. The first-order valence-electron chi connectivity index (χ1n) is 11.3. The van der Waals surface area contributed by atoms with Gasteiger partial charge in [-0.15, -0.1) is 0 Å². The van der Waals surface area contributed by atoms with Crippen LogP contribution in [0.1, 0.15) is 98.3 Å². The molecule has 3 saturated carbocycles. The summed E-state index contributed by atoms with van der Waals surface area (Å²) in [6.45, 7) is 9.53. The van der Waals surface area contributed by atoms with E-state index in [9.17, 15) is 10.2 Å². The third-order valence-electron chi connectivity index (χ3n) is 7.77. The van der Waals surface area contributed by atoms with Crippen molar-refractivity contribution in [1.29, 1.82) is 0 Å². The van der Waals surface area contributed by atoms with Crippen LogP contribution in [0.5, 0.6) is 0 Å². The van der Waals surface area contributed by atoms with Gasteiger partial charge in [-0.2, -0.15) is 0 Å². The van der Waals surface area contributed by atoms with E-state index in [4.69, 9.17) is 0 Å². The molecule has 0 aromatic carbocycles. The summed E-state index contributed by atoms with van der Waals surface area (Å²) in [7, 11) is 0.502. The molecule has 3 rings (SSSR count). The second-order valence-corrected chi connectivity index (χ2v) is 13.5. The van der Waals surface area contributed by atoms with E-state index in [-0.39, 0.29) is 12.2 Å². The highest BCUT2D eigenvalue weighted by Crippen LogP contribution is 2.45. The summed E-state index contributed by atoms with van der Waals surface area (Å²) >= 11 is 0. The Hall–Kier alpha value is 0.270. The molecule has 0 amide bonds. The van der Waals surface area contributed by atoms with Gasteiger partial charge in [0.2, 0.25) is 0 Å². The van der Waals surface area contributed by atoms with Crippen molar-refractivity contribution in [3.05, 3.63) is 0 Å². The Morgan fingerprint density at radius 3 is 1.69 bits per heavy atom. The third-order valence-corrected chi connectivity index (χ3v) is 11.5. The topological polar surface area (TPSA) is 40.5 Å². The maximum absolute atomic E-state index is 10.2. The Morgan fingerprint density at radius 1 is 0.692 bits per heavy atom. The zero-order valence-electron chi connectivity index (χ0n) is 17.6. The van der Waals surface area contributed by atoms with Crippen LogP contribution in [0.3, 0.4) is 0 Å². The predicted molar refractivity (Wildman–Crippen MR) is 114 cm³/mol. The fourth-order valence-electron chi connectivity index (χ4n) is 5.91. The molecule has 3 aliphatic carbocycles. The molecule has 2 N–H and O–H groups in total. The van der Waals surface area contributed by atoms with Crippen LogP contribution in [0, 0.1) is 17.3 Å². The van der Waals surface area contributed by atoms with Gasteiger partial charge in [0, 0.05) is 0 Å². The van der Waals surface area contributed by atoms with Gasteiger partial charge in [0.1, 0.15) is 15.7 Å². The van der Waals surface area contributed by atoms with E-state index in [2.05, 4.69) is 27.7 Å². The smallest absolute Gasteiger partial charge is 0.119 e. The van der Waals surface area contributed by atoms with Crippen molar-refractivity contribution >= 4 is 10.9 Å². The van der Waals surface area contributed by atoms with Gasteiger partial charge < -0.3 is 10.2 Å². The minimum Gasteiger partial charge on any atom is -0.393 e. The summed E-state index contributed by atoms with van der Waals surface area (Å²) in [5, 5.41) is 22.8. The molecular weight excluding hydrogens is 340 g/mol. The number of rotatable bonds is 3. The summed E-state index contributed by atoms with van der Waals surface area (Å²) in [6, 6.07) is 0. The van der Waals surface area contributed by atoms with Crippen LogP contribution in [0.25, 0.3) is 0 Å². The largest absolute Gasteiger partial charge is 0.393 e. The molecule has 0 aliphatic heterocycles. The maximum Gasteiger partial charge on any atom is 0.119 e. The first kappa shape index (κ1) is 21.0. The molecule has 3 heteroatoms. The predicted octanol–water partition coefficient (Wildman–Crippen LogP) is 5.06. The van der Waals surface area contributed by atoms with Gasteiger partial charge in [-0.05, 0) is 98.8 Å². The van der Waals surface area contributed by atoms with E-state index in [0.717, 1.165) is 40.9 Å². The van der Waals surface area contributed by atoms with E-state index in [1.54, 1.807) is 0 Å². The van der Waals surface area contributed by atoms with Crippen molar-refractivity contribution in [3.8, 4) is 0 Å². The van der Waals surface area contributed by atoms with Crippen molar-refractivity contribution in [2.75, 3.05) is 0 Å². The molecule has 0 saturated heterocycles. The normalized spacial score (nSPS) is 43.8. The Bertz CT molecular complexity index is 430. The number of hydrogen-bond donors (Lipinski definition) is 2. The lowest BCUT2D eigenvalue weighted by Gasteiger charge is -2.42. The van der Waals surface area contributed by atoms with Crippen molar-refractivity contribution in [2.45, 2.75) is 126 Å². The molecule has 3 aliphatic rings. The van der Waals surface area contributed by atoms with Crippen molar-refractivity contribution in [2.24, 2.45) is 17.3 Å². The number of hydrogen-bond acceptors (Lipinski definition) is 2. The van der Waals surface area contributed by atoms with Crippen LogP contribution >= 0.6 is 0 Å². The Kier molecular flexibility index (Phi) is 7.06. The van der Waals surface area contributed by atoms with E-state index < -0.39 is 0 Å². The third kappa shape index (κ3) is 5.00. The zero-order valence-corrected chi connectivity index (χ0v) is 18.4. The number of aliphatic hydroxyl groups is 2. The molecule has 152 valence electrons. The van der Waals surface area contributed by atoms with E-state index in [1.165, 1.54) is 51.4 Å². The highest BCUT2D eigenvalue weighted by molar-refractivity contribution is 7.98. The van der Waals surface area contributed by atoms with Gasteiger partial charge in [-0.3, -0.25) is 0 Å². The Balaban J connectivity index is 1.69. The highest BCUT2D eigenvalue weighted by Gasteiger charge is 2.49. The molecule has 3 fully saturated rings. The van der Waals surface area contributed by atoms with Crippen molar-refractivity contribution in [3.63, 3.8) is 0 Å². The summed E-state index contributed by atoms with van der Waals surface area (Å²) in [4.78, 5) is 0. The fraction of sp³-hybridized carbons (Fsp3) is 1.00. The summed E-state index contributed by atoms with van der Waals surface area (Å²) in [5.41, 5.74) is 0.460. The monoisotopic (exact) mass is 383 g/mol.